The molecule has 3 rings (SSSR count). The Labute approximate surface area is 130 Å². The van der Waals surface area contributed by atoms with E-state index in [0.717, 1.165) is 22.9 Å². The van der Waals surface area contributed by atoms with Gasteiger partial charge in [-0.3, -0.25) is 14.8 Å². The van der Waals surface area contributed by atoms with Gasteiger partial charge in [0.15, 0.2) is 0 Å². The molecule has 1 aromatic carbocycles. The van der Waals surface area contributed by atoms with Gasteiger partial charge in [0.25, 0.3) is 5.56 Å². The first-order valence-electron chi connectivity index (χ1n) is 6.71. The number of nitrogen functional groups attached to an aromatic ring is 1. The topological polar surface area (TPSA) is 72.9 Å². The molecule has 0 fully saturated rings. The lowest BCUT2D eigenvalue weighted by atomic mass is 10.1. The van der Waals surface area contributed by atoms with Crippen molar-refractivity contribution in [1.29, 1.82) is 0 Å². The highest BCUT2D eigenvalue weighted by molar-refractivity contribution is 9.10. The molecule has 21 heavy (non-hydrogen) atoms. The van der Waals surface area contributed by atoms with Gasteiger partial charge in [-0.05, 0) is 36.6 Å². The first-order valence-corrected chi connectivity index (χ1v) is 7.50. The van der Waals surface area contributed by atoms with E-state index in [0.29, 0.717) is 23.4 Å². The van der Waals surface area contributed by atoms with E-state index in [1.807, 2.05) is 12.1 Å². The number of nitrogens with two attached hydrogens (primary N) is 1. The molecular weight excluding hydrogens is 332 g/mol. The monoisotopic (exact) mass is 346 g/mol. The Morgan fingerprint density at radius 2 is 2.24 bits per heavy atom. The van der Waals surface area contributed by atoms with Crippen LogP contribution >= 0.6 is 15.9 Å². The number of rotatable bonds is 3. The molecule has 5 nitrogen and oxygen atoms in total. The fourth-order valence-electron chi connectivity index (χ4n) is 2.42. The molecule has 1 aromatic heterocycles. The zero-order chi connectivity index (χ0) is 14.8. The molecule has 1 heterocycles. The molecule has 0 spiro atoms. The van der Waals surface area contributed by atoms with E-state index in [-0.39, 0.29) is 5.56 Å². The third-order valence-corrected chi connectivity index (χ3v) is 3.95. The van der Waals surface area contributed by atoms with Gasteiger partial charge in [0.1, 0.15) is 0 Å². The van der Waals surface area contributed by atoms with Crippen LogP contribution in [0.15, 0.2) is 51.3 Å². The number of halogens is 1. The summed E-state index contributed by atoms with van der Waals surface area (Å²) in [4.78, 5) is 17.1. The summed E-state index contributed by atoms with van der Waals surface area (Å²) in [6, 6.07) is 5.43. The number of hydrazine groups is 1. The summed E-state index contributed by atoms with van der Waals surface area (Å²) in [5, 5.41) is 0.573. The van der Waals surface area contributed by atoms with E-state index < -0.39 is 0 Å². The SMILES string of the molecule is NNc1nc2ccc(Br)cc2c(=O)n1CC1=CCCC=C1. The van der Waals surface area contributed by atoms with E-state index in [1.54, 1.807) is 16.7 Å². The molecule has 2 aromatic rings. The smallest absolute Gasteiger partial charge is 0.263 e. The minimum Gasteiger partial charge on any atom is -0.294 e. The second kappa shape index (κ2) is 5.83. The average molecular weight is 347 g/mol. The first-order chi connectivity index (χ1) is 10.2. The van der Waals surface area contributed by atoms with Gasteiger partial charge in [0.05, 0.1) is 17.4 Å². The molecule has 0 unspecified atom stereocenters. The van der Waals surface area contributed by atoms with Crippen LogP contribution in [0.4, 0.5) is 5.95 Å². The Bertz CT molecular complexity index is 807. The molecule has 0 saturated carbocycles. The van der Waals surface area contributed by atoms with Gasteiger partial charge in [0, 0.05) is 4.47 Å². The van der Waals surface area contributed by atoms with Gasteiger partial charge in [-0.25, -0.2) is 10.8 Å². The second-order valence-electron chi connectivity index (χ2n) is 4.89. The van der Waals surface area contributed by atoms with E-state index in [4.69, 9.17) is 5.84 Å². The maximum absolute atomic E-state index is 12.7. The zero-order valence-corrected chi connectivity index (χ0v) is 12.9. The van der Waals surface area contributed by atoms with Gasteiger partial charge in [-0.1, -0.05) is 34.2 Å². The van der Waals surface area contributed by atoms with Crippen molar-refractivity contribution >= 4 is 32.8 Å². The Morgan fingerprint density at radius 1 is 1.38 bits per heavy atom. The number of hydrogen-bond acceptors (Lipinski definition) is 4. The molecular formula is C15H15BrN4O. The molecule has 0 atom stereocenters. The number of allylic oxidation sites excluding steroid dienone is 4. The van der Waals surface area contributed by atoms with E-state index in [9.17, 15) is 4.79 Å². The molecule has 0 radical (unpaired) electrons. The molecule has 6 heteroatoms. The van der Waals surface area contributed by atoms with Crippen LogP contribution in [-0.4, -0.2) is 9.55 Å². The number of nitrogens with zero attached hydrogens (tertiary/aromatic N) is 2. The second-order valence-corrected chi connectivity index (χ2v) is 5.81. The van der Waals surface area contributed by atoms with Gasteiger partial charge in [-0.15, -0.1) is 0 Å². The lowest BCUT2D eigenvalue weighted by molar-refractivity contribution is 0.745. The van der Waals surface area contributed by atoms with Crippen LogP contribution in [0.1, 0.15) is 12.8 Å². The van der Waals surface area contributed by atoms with Crippen molar-refractivity contribution in [1.82, 2.24) is 9.55 Å². The third-order valence-electron chi connectivity index (χ3n) is 3.46. The number of hydrogen-bond donors (Lipinski definition) is 2. The number of fused-ring (bicyclic) bond motifs is 1. The quantitative estimate of drug-likeness (QED) is 0.662. The van der Waals surface area contributed by atoms with Crippen molar-refractivity contribution in [2.24, 2.45) is 5.84 Å². The number of aromatic nitrogens is 2. The van der Waals surface area contributed by atoms with Crippen LogP contribution in [0.5, 0.6) is 0 Å². The first kappa shape index (κ1) is 14.0. The van der Waals surface area contributed by atoms with Crippen molar-refractivity contribution in [2.75, 3.05) is 5.43 Å². The van der Waals surface area contributed by atoms with Crippen molar-refractivity contribution in [3.8, 4) is 0 Å². The molecule has 0 saturated heterocycles. The maximum atomic E-state index is 12.7. The molecule has 0 aliphatic heterocycles. The summed E-state index contributed by atoms with van der Waals surface area (Å²) in [7, 11) is 0. The van der Waals surface area contributed by atoms with Crippen LogP contribution in [0.25, 0.3) is 10.9 Å². The summed E-state index contributed by atoms with van der Waals surface area (Å²) in [5.74, 6) is 5.90. The summed E-state index contributed by atoms with van der Waals surface area (Å²) in [6.45, 7) is 0.463. The largest absolute Gasteiger partial charge is 0.294 e. The van der Waals surface area contributed by atoms with Crippen LogP contribution < -0.4 is 16.8 Å². The Morgan fingerprint density at radius 3 is 2.95 bits per heavy atom. The normalized spacial score (nSPS) is 14.3. The maximum Gasteiger partial charge on any atom is 0.263 e. The highest BCUT2D eigenvalue weighted by Crippen LogP contribution is 2.18. The van der Waals surface area contributed by atoms with Crippen molar-refractivity contribution in [3.63, 3.8) is 0 Å². The summed E-state index contributed by atoms with van der Waals surface area (Å²) >= 11 is 3.39. The van der Waals surface area contributed by atoms with Crippen LogP contribution in [0, 0.1) is 0 Å². The van der Waals surface area contributed by atoms with Crippen molar-refractivity contribution in [2.45, 2.75) is 19.4 Å². The summed E-state index contributed by atoms with van der Waals surface area (Å²) in [5.41, 5.74) is 4.14. The Kier molecular flexibility index (Phi) is 3.90. The summed E-state index contributed by atoms with van der Waals surface area (Å²) < 4.78 is 2.42. The Balaban J connectivity index is 2.15. The molecule has 0 bridgehead atoms. The van der Waals surface area contributed by atoms with Gasteiger partial charge >= 0.3 is 0 Å². The highest BCUT2D eigenvalue weighted by Gasteiger charge is 2.12. The van der Waals surface area contributed by atoms with Gasteiger partial charge in [0.2, 0.25) is 5.95 Å². The fraction of sp³-hybridized carbons (Fsp3) is 0.200. The van der Waals surface area contributed by atoms with E-state index >= 15 is 0 Å². The lowest BCUT2D eigenvalue weighted by Gasteiger charge is -2.14. The highest BCUT2D eigenvalue weighted by atomic mass is 79.9. The molecule has 1 aliphatic carbocycles. The summed E-state index contributed by atoms with van der Waals surface area (Å²) in [6.07, 6.45) is 8.34. The minimum absolute atomic E-state index is 0.103. The van der Waals surface area contributed by atoms with Crippen LogP contribution in [-0.2, 0) is 6.54 Å². The van der Waals surface area contributed by atoms with Crippen molar-refractivity contribution in [3.05, 3.63) is 56.8 Å². The molecule has 0 amide bonds. The fourth-order valence-corrected chi connectivity index (χ4v) is 2.78. The number of benzene rings is 1. The molecule has 3 N–H and O–H groups in total. The standard InChI is InChI=1S/C15H15BrN4O/c16-11-6-7-13-12(8-11)14(21)20(15(18-13)19-17)9-10-4-2-1-3-5-10/h2,4-8H,1,3,9,17H2,(H,18,19). The predicted molar refractivity (Wildman–Crippen MR) is 88.0 cm³/mol. The minimum atomic E-state index is -0.103. The van der Waals surface area contributed by atoms with Gasteiger partial charge in [-0.2, -0.15) is 0 Å². The predicted octanol–water partition coefficient (Wildman–Crippen LogP) is 2.72. The number of anilines is 1. The molecule has 108 valence electrons. The van der Waals surface area contributed by atoms with E-state index in [1.165, 1.54) is 0 Å². The molecule has 1 aliphatic rings. The Hall–Kier alpha value is -1.92. The lowest BCUT2D eigenvalue weighted by Crippen LogP contribution is -2.27. The van der Waals surface area contributed by atoms with Crippen molar-refractivity contribution < 1.29 is 0 Å². The van der Waals surface area contributed by atoms with E-state index in [2.05, 4.69) is 38.5 Å². The van der Waals surface area contributed by atoms with Crippen LogP contribution in [0.3, 0.4) is 0 Å². The van der Waals surface area contributed by atoms with Crippen LogP contribution in [0.2, 0.25) is 0 Å². The van der Waals surface area contributed by atoms with Gasteiger partial charge < -0.3 is 0 Å². The third kappa shape index (κ3) is 2.77. The average Bonchev–Trinajstić information content (AvgIpc) is 2.51. The zero-order valence-electron chi connectivity index (χ0n) is 11.3. The number of nitrogens with one attached hydrogen (secondary N) is 1.